The highest BCUT2D eigenvalue weighted by molar-refractivity contribution is 7.13. The summed E-state index contributed by atoms with van der Waals surface area (Å²) in [5.74, 6) is 0. The molecule has 2 N–H and O–H groups in total. The Balaban J connectivity index is 1.84. The zero-order valence-electron chi connectivity index (χ0n) is 16.1. The van der Waals surface area contributed by atoms with Crippen molar-refractivity contribution in [1.82, 2.24) is 9.88 Å². The van der Waals surface area contributed by atoms with E-state index in [1.165, 1.54) is 34.4 Å². The van der Waals surface area contributed by atoms with Crippen molar-refractivity contribution >= 4 is 22.5 Å². The van der Waals surface area contributed by atoms with Gasteiger partial charge >= 0.3 is 12.2 Å². The molecule has 1 heterocycles. The summed E-state index contributed by atoms with van der Waals surface area (Å²) in [7, 11) is 0. The van der Waals surface area contributed by atoms with Crippen LogP contribution in [-0.4, -0.2) is 27.6 Å². The fourth-order valence-electron chi connectivity index (χ4n) is 2.96. The molecule has 3 rings (SSSR count). The van der Waals surface area contributed by atoms with Gasteiger partial charge in [0.25, 0.3) is 0 Å². The average Bonchev–Trinajstić information content (AvgIpc) is 3.12. The number of nitrogens with zero attached hydrogens (tertiary/aromatic N) is 2. The van der Waals surface area contributed by atoms with Crippen LogP contribution in [0.2, 0.25) is 0 Å². The standard InChI is InChI=1S/C21H20F3N3O2S/c1-14-13-30-19(25-14)26-20(29)27(11-15-7-3-2-4-8-15)12-18(28)16-9-5-6-10-17(16)21(22,23)24/h2-10,13,18,28H,11-12H2,1H3,(H,25,26,29)/t18-/m0/s1. The largest absolute Gasteiger partial charge is 0.416 e. The summed E-state index contributed by atoms with van der Waals surface area (Å²) >= 11 is 1.24. The molecular formula is C21H20F3N3O2S. The van der Waals surface area contributed by atoms with E-state index < -0.39 is 23.9 Å². The highest BCUT2D eigenvalue weighted by Gasteiger charge is 2.35. The van der Waals surface area contributed by atoms with Crippen LogP contribution < -0.4 is 5.32 Å². The van der Waals surface area contributed by atoms with Crippen molar-refractivity contribution in [2.24, 2.45) is 0 Å². The number of aliphatic hydroxyl groups excluding tert-OH is 1. The summed E-state index contributed by atoms with van der Waals surface area (Å²) in [6.07, 6.45) is -6.13. The lowest BCUT2D eigenvalue weighted by Gasteiger charge is -2.26. The number of aliphatic hydroxyl groups is 1. The Labute approximate surface area is 175 Å². The molecular weight excluding hydrogens is 415 g/mol. The van der Waals surface area contributed by atoms with Crippen molar-refractivity contribution in [2.75, 3.05) is 11.9 Å². The Morgan fingerprint density at radius 3 is 2.47 bits per heavy atom. The van der Waals surface area contributed by atoms with Gasteiger partial charge in [-0.2, -0.15) is 13.2 Å². The predicted molar refractivity (Wildman–Crippen MR) is 109 cm³/mol. The third-order valence-corrected chi connectivity index (χ3v) is 5.23. The molecule has 9 heteroatoms. The lowest BCUT2D eigenvalue weighted by Crippen LogP contribution is -2.37. The fraction of sp³-hybridized carbons (Fsp3) is 0.238. The summed E-state index contributed by atoms with van der Waals surface area (Å²) in [5, 5.41) is 15.4. The minimum absolute atomic E-state index is 0.113. The van der Waals surface area contributed by atoms with Gasteiger partial charge in [0.15, 0.2) is 5.13 Å². The number of aryl methyl sites for hydroxylation is 1. The molecule has 2 amide bonds. The topological polar surface area (TPSA) is 65.5 Å². The minimum atomic E-state index is -4.61. The third kappa shape index (κ3) is 5.58. The molecule has 5 nitrogen and oxygen atoms in total. The highest BCUT2D eigenvalue weighted by atomic mass is 32.1. The number of rotatable bonds is 6. The first kappa shape index (κ1) is 21.8. The Kier molecular flexibility index (Phi) is 6.73. The van der Waals surface area contributed by atoms with Gasteiger partial charge in [0.2, 0.25) is 0 Å². The van der Waals surface area contributed by atoms with Gasteiger partial charge in [0.1, 0.15) is 0 Å². The number of aromatic nitrogens is 1. The van der Waals surface area contributed by atoms with Crippen LogP contribution in [-0.2, 0) is 12.7 Å². The van der Waals surface area contributed by atoms with Crippen molar-refractivity contribution < 1.29 is 23.1 Å². The summed E-state index contributed by atoms with van der Waals surface area (Å²) in [6.45, 7) is 1.58. The summed E-state index contributed by atoms with van der Waals surface area (Å²) in [5.41, 5.74) is 0.317. The van der Waals surface area contributed by atoms with E-state index in [4.69, 9.17) is 0 Å². The van der Waals surface area contributed by atoms with E-state index in [1.54, 1.807) is 36.6 Å². The molecule has 0 fully saturated rings. The van der Waals surface area contributed by atoms with Crippen LogP contribution in [0.1, 0.15) is 28.5 Å². The summed E-state index contributed by atoms with van der Waals surface area (Å²) < 4.78 is 40.0. The van der Waals surface area contributed by atoms with Gasteiger partial charge in [-0.3, -0.25) is 5.32 Å². The van der Waals surface area contributed by atoms with E-state index in [2.05, 4.69) is 10.3 Å². The average molecular weight is 435 g/mol. The Morgan fingerprint density at radius 1 is 1.17 bits per heavy atom. The van der Waals surface area contributed by atoms with Crippen LogP contribution in [0, 0.1) is 6.92 Å². The molecule has 30 heavy (non-hydrogen) atoms. The van der Waals surface area contributed by atoms with Crippen LogP contribution in [0.25, 0.3) is 0 Å². The van der Waals surface area contributed by atoms with E-state index in [1.807, 2.05) is 6.07 Å². The normalized spacial score (nSPS) is 12.4. The first-order valence-corrected chi connectivity index (χ1v) is 9.98. The van der Waals surface area contributed by atoms with Crippen LogP contribution in [0.15, 0.2) is 60.0 Å². The number of hydrogen-bond donors (Lipinski definition) is 2. The molecule has 0 bridgehead atoms. The Hall–Kier alpha value is -2.91. The first-order valence-electron chi connectivity index (χ1n) is 9.10. The minimum Gasteiger partial charge on any atom is -0.387 e. The molecule has 0 unspecified atom stereocenters. The molecule has 158 valence electrons. The molecule has 0 saturated carbocycles. The van der Waals surface area contributed by atoms with Crippen LogP contribution in [0.4, 0.5) is 23.1 Å². The number of thiazole rings is 1. The lowest BCUT2D eigenvalue weighted by atomic mass is 10.0. The number of benzene rings is 2. The number of alkyl halides is 3. The molecule has 3 aromatic rings. The molecule has 0 aliphatic heterocycles. The number of hydrogen-bond acceptors (Lipinski definition) is 4. The summed E-state index contributed by atoms with van der Waals surface area (Å²) in [6, 6.07) is 13.3. The van der Waals surface area contributed by atoms with Gasteiger partial charge in [0, 0.05) is 11.9 Å². The molecule has 0 aliphatic carbocycles. The smallest absolute Gasteiger partial charge is 0.387 e. The second kappa shape index (κ2) is 9.27. The fourth-order valence-corrected chi connectivity index (χ4v) is 3.64. The number of carbonyl (C=O) groups is 1. The maximum absolute atomic E-state index is 13.3. The predicted octanol–water partition coefficient (Wildman–Crippen LogP) is 5.24. The molecule has 2 aromatic carbocycles. The van der Waals surface area contributed by atoms with Gasteiger partial charge in [-0.05, 0) is 24.1 Å². The number of urea groups is 1. The molecule has 0 spiro atoms. The highest BCUT2D eigenvalue weighted by Crippen LogP contribution is 2.34. The molecule has 0 radical (unpaired) electrons. The Bertz CT molecular complexity index is 992. The van der Waals surface area contributed by atoms with Gasteiger partial charge < -0.3 is 10.0 Å². The molecule has 0 saturated heterocycles. The first-order chi connectivity index (χ1) is 14.2. The van der Waals surface area contributed by atoms with Crippen molar-refractivity contribution in [3.8, 4) is 0 Å². The van der Waals surface area contributed by atoms with Gasteiger partial charge in [0.05, 0.1) is 23.9 Å². The SMILES string of the molecule is Cc1csc(NC(=O)N(Cc2ccccc2)C[C@H](O)c2ccccc2C(F)(F)F)n1. The van der Waals surface area contributed by atoms with Crippen LogP contribution in [0.3, 0.4) is 0 Å². The third-order valence-electron chi connectivity index (χ3n) is 4.35. The summed E-state index contributed by atoms with van der Waals surface area (Å²) in [4.78, 5) is 18.3. The second-order valence-electron chi connectivity index (χ2n) is 6.69. The van der Waals surface area contributed by atoms with Crippen molar-refractivity contribution in [3.63, 3.8) is 0 Å². The maximum atomic E-state index is 13.3. The van der Waals surface area contributed by atoms with Gasteiger partial charge in [-0.15, -0.1) is 11.3 Å². The molecule has 1 atom stereocenters. The number of carbonyl (C=O) groups excluding carboxylic acids is 1. The number of halogens is 3. The van der Waals surface area contributed by atoms with E-state index in [-0.39, 0.29) is 18.7 Å². The van der Waals surface area contributed by atoms with E-state index in [0.29, 0.717) is 5.13 Å². The van der Waals surface area contributed by atoms with Gasteiger partial charge in [-0.1, -0.05) is 48.5 Å². The van der Waals surface area contributed by atoms with Crippen molar-refractivity contribution in [1.29, 1.82) is 0 Å². The number of anilines is 1. The maximum Gasteiger partial charge on any atom is 0.416 e. The van der Waals surface area contributed by atoms with Gasteiger partial charge in [-0.25, -0.2) is 9.78 Å². The monoisotopic (exact) mass is 435 g/mol. The van der Waals surface area contributed by atoms with E-state index >= 15 is 0 Å². The second-order valence-corrected chi connectivity index (χ2v) is 7.55. The van der Waals surface area contributed by atoms with E-state index in [9.17, 15) is 23.1 Å². The zero-order valence-corrected chi connectivity index (χ0v) is 16.9. The number of nitrogens with one attached hydrogen (secondary N) is 1. The van der Waals surface area contributed by atoms with Crippen molar-refractivity contribution in [2.45, 2.75) is 25.7 Å². The van der Waals surface area contributed by atoms with E-state index in [0.717, 1.165) is 17.3 Å². The van der Waals surface area contributed by atoms with Crippen molar-refractivity contribution in [3.05, 3.63) is 82.4 Å². The quantitative estimate of drug-likeness (QED) is 0.557. The van der Waals surface area contributed by atoms with Crippen LogP contribution in [0.5, 0.6) is 0 Å². The number of amides is 2. The zero-order chi connectivity index (χ0) is 21.7. The molecule has 0 aliphatic rings. The molecule has 1 aromatic heterocycles. The lowest BCUT2D eigenvalue weighted by molar-refractivity contribution is -0.139. The van der Waals surface area contributed by atoms with Crippen LogP contribution >= 0.6 is 11.3 Å². The Morgan fingerprint density at radius 2 is 1.83 bits per heavy atom.